The predicted molar refractivity (Wildman–Crippen MR) is 44.8 cm³/mol. The minimum Gasteiger partial charge on any atom is -0.453 e. The Hall–Kier alpha value is -0.730. The lowest BCUT2D eigenvalue weighted by molar-refractivity contribution is 0.163. The van der Waals surface area contributed by atoms with Crippen LogP contribution in [0.25, 0.3) is 0 Å². The third-order valence-electron chi connectivity index (χ3n) is 2.73. The van der Waals surface area contributed by atoms with Gasteiger partial charge in [-0.25, -0.2) is 4.79 Å². The summed E-state index contributed by atoms with van der Waals surface area (Å²) in [5.41, 5.74) is 0. The molecule has 0 saturated heterocycles. The second-order valence-electron chi connectivity index (χ2n) is 3.84. The summed E-state index contributed by atoms with van der Waals surface area (Å²) in [6.45, 7) is 0. The van der Waals surface area contributed by atoms with Crippen molar-refractivity contribution in [2.75, 3.05) is 7.11 Å². The maximum atomic E-state index is 11.0. The Morgan fingerprint density at radius 3 is 2.17 bits per heavy atom. The minimum absolute atomic E-state index is 0.265. The molecule has 0 spiro atoms. The number of nitrogens with one attached hydrogen (secondary N) is 1. The van der Waals surface area contributed by atoms with Gasteiger partial charge in [0.15, 0.2) is 0 Å². The summed E-state index contributed by atoms with van der Waals surface area (Å²) in [7, 11) is 1.42. The number of alkyl carbamates (subject to hydrolysis) is 1. The van der Waals surface area contributed by atoms with E-state index in [1.54, 1.807) is 0 Å². The second kappa shape index (κ2) is 2.96. The third kappa shape index (κ3) is 1.71. The maximum absolute atomic E-state index is 11.0. The number of carbonyl (C=O) groups is 1. The first-order valence-electron chi connectivity index (χ1n) is 4.65. The zero-order valence-electron chi connectivity index (χ0n) is 7.38. The molecule has 0 aliphatic heterocycles. The van der Waals surface area contributed by atoms with Crippen molar-refractivity contribution in [1.29, 1.82) is 0 Å². The Balaban J connectivity index is 1.83. The van der Waals surface area contributed by atoms with Gasteiger partial charge in [-0.15, -0.1) is 0 Å². The fraction of sp³-hybridized carbons (Fsp3) is 0.889. The van der Waals surface area contributed by atoms with E-state index in [1.165, 1.54) is 32.8 Å². The molecule has 3 heteroatoms. The van der Waals surface area contributed by atoms with Crippen molar-refractivity contribution >= 4 is 6.09 Å². The number of hydrogen-bond acceptors (Lipinski definition) is 2. The highest BCUT2D eigenvalue weighted by molar-refractivity contribution is 5.67. The topological polar surface area (TPSA) is 38.3 Å². The lowest BCUT2D eigenvalue weighted by atomic mass is 10.1. The summed E-state index contributed by atoms with van der Waals surface area (Å²) in [4.78, 5) is 11.0. The molecular formula is C9H15NO2. The third-order valence-corrected chi connectivity index (χ3v) is 2.73. The Morgan fingerprint density at radius 2 is 1.83 bits per heavy atom. The first kappa shape index (κ1) is 7.90. The van der Waals surface area contributed by atoms with Crippen LogP contribution in [0.3, 0.4) is 0 Å². The van der Waals surface area contributed by atoms with E-state index in [1.807, 2.05) is 0 Å². The Morgan fingerprint density at radius 1 is 1.33 bits per heavy atom. The molecule has 2 aliphatic carbocycles. The number of amides is 1. The first-order chi connectivity index (χ1) is 5.81. The molecule has 0 atom stereocenters. The van der Waals surface area contributed by atoms with Crippen LogP contribution in [0.4, 0.5) is 4.79 Å². The van der Waals surface area contributed by atoms with Crippen molar-refractivity contribution in [2.24, 2.45) is 11.8 Å². The van der Waals surface area contributed by atoms with Crippen molar-refractivity contribution in [2.45, 2.75) is 31.7 Å². The SMILES string of the molecule is COC(=O)NC(C1CC1)C1CC1. The normalized spacial score (nSPS) is 22.5. The van der Waals surface area contributed by atoms with Crippen molar-refractivity contribution in [3.8, 4) is 0 Å². The quantitative estimate of drug-likeness (QED) is 0.695. The van der Waals surface area contributed by atoms with Crippen LogP contribution in [-0.2, 0) is 4.74 Å². The van der Waals surface area contributed by atoms with Crippen LogP contribution in [-0.4, -0.2) is 19.2 Å². The van der Waals surface area contributed by atoms with Gasteiger partial charge in [-0.05, 0) is 37.5 Å². The summed E-state index contributed by atoms with van der Waals surface area (Å²) in [6.07, 6.45) is 4.87. The summed E-state index contributed by atoms with van der Waals surface area (Å²) in [5, 5.41) is 2.93. The molecule has 0 radical (unpaired) electrons. The van der Waals surface area contributed by atoms with E-state index in [0.717, 1.165) is 11.8 Å². The van der Waals surface area contributed by atoms with Gasteiger partial charge in [-0.1, -0.05) is 0 Å². The van der Waals surface area contributed by atoms with E-state index < -0.39 is 0 Å². The van der Waals surface area contributed by atoms with Crippen LogP contribution in [0.5, 0.6) is 0 Å². The number of ether oxygens (including phenoxy) is 1. The van der Waals surface area contributed by atoms with E-state index in [4.69, 9.17) is 0 Å². The van der Waals surface area contributed by atoms with Crippen LogP contribution in [0, 0.1) is 11.8 Å². The van der Waals surface area contributed by atoms with E-state index >= 15 is 0 Å². The standard InChI is InChI=1S/C9H15NO2/c1-12-9(11)10-8(6-2-3-6)7-4-5-7/h6-8H,2-5H2,1H3,(H,10,11). The molecule has 0 heterocycles. The van der Waals surface area contributed by atoms with Gasteiger partial charge in [0.25, 0.3) is 0 Å². The molecule has 2 aliphatic rings. The van der Waals surface area contributed by atoms with Gasteiger partial charge in [0.05, 0.1) is 7.11 Å². The van der Waals surface area contributed by atoms with Crippen LogP contribution < -0.4 is 5.32 Å². The highest BCUT2D eigenvalue weighted by Gasteiger charge is 2.42. The van der Waals surface area contributed by atoms with Gasteiger partial charge in [0.2, 0.25) is 0 Å². The van der Waals surface area contributed by atoms with Crippen molar-refractivity contribution in [3.63, 3.8) is 0 Å². The summed E-state index contributed by atoms with van der Waals surface area (Å²) in [5.74, 6) is 1.49. The number of methoxy groups -OCH3 is 1. The van der Waals surface area contributed by atoms with Crippen LogP contribution >= 0.6 is 0 Å². The molecule has 1 N–H and O–H groups in total. The minimum atomic E-state index is -0.265. The van der Waals surface area contributed by atoms with Crippen LogP contribution in [0.15, 0.2) is 0 Å². The van der Waals surface area contributed by atoms with Crippen molar-refractivity contribution < 1.29 is 9.53 Å². The molecule has 12 heavy (non-hydrogen) atoms. The highest BCUT2D eigenvalue weighted by atomic mass is 16.5. The van der Waals surface area contributed by atoms with E-state index in [2.05, 4.69) is 10.1 Å². The Labute approximate surface area is 72.5 Å². The molecule has 2 fully saturated rings. The monoisotopic (exact) mass is 169 g/mol. The molecule has 2 rings (SSSR count). The molecule has 0 bridgehead atoms. The molecule has 1 amide bonds. The Bertz CT molecular complexity index is 173. The summed E-state index contributed by atoms with van der Waals surface area (Å²) >= 11 is 0. The average Bonchev–Trinajstić information content (AvgIpc) is 2.87. The predicted octanol–water partition coefficient (Wildman–Crippen LogP) is 1.53. The van der Waals surface area contributed by atoms with Gasteiger partial charge < -0.3 is 10.1 Å². The molecule has 68 valence electrons. The maximum Gasteiger partial charge on any atom is 0.407 e. The molecule has 0 aromatic carbocycles. The smallest absolute Gasteiger partial charge is 0.407 e. The van der Waals surface area contributed by atoms with Gasteiger partial charge in [0, 0.05) is 6.04 Å². The van der Waals surface area contributed by atoms with Crippen LogP contribution in [0.2, 0.25) is 0 Å². The molecule has 0 aromatic heterocycles. The fourth-order valence-corrected chi connectivity index (χ4v) is 1.73. The highest BCUT2D eigenvalue weighted by Crippen LogP contribution is 2.44. The lowest BCUT2D eigenvalue weighted by Crippen LogP contribution is -2.37. The molecule has 0 unspecified atom stereocenters. The van der Waals surface area contributed by atoms with E-state index in [-0.39, 0.29) is 6.09 Å². The summed E-state index contributed by atoms with van der Waals surface area (Å²) in [6, 6.07) is 0.414. The number of hydrogen-bond donors (Lipinski definition) is 1. The second-order valence-corrected chi connectivity index (χ2v) is 3.84. The van der Waals surface area contributed by atoms with E-state index in [0.29, 0.717) is 6.04 Å². The largest absolute Gasteiger partial charge is 0.453 e. The molecule has 2 saturated carbocycles. The summed E-state index contributed by atoms with van der Waals surface area (Å²) < 4.78 is 4.59. The Kier molecular flexibility index (Phi) is 1.95. The first-order valence-corrected chi connectivity index (χ1v) is 4.65. The van der Waals surface area contributed by atoms with Crippen molar-refractivity contribution in [1.82, 2.24) is 5.32 Å². The molecule has 0 aromatic rings. The van der Waals surface area contributed by atoms with Gasteiger partial charge in [-0.3, -0.25) is 0 Å². The zero-order valence-corrected chi connectivity index (χ0v) is 7.38. The fourth-order valence-electron chi connectivity index (χ4n) is 1.73. The number of rotatable bonds is 3. The van der Waals surface area contributed by atoms with E-state index in [9.17, 15) is 4.79 Å². The molecular weight excluding hydrogens is 154 g/mol. The average molecular weight is 169 g/mol. The van der Waals surface area contributed by atoms with Crippen LogP contribution in [0.1, 0.15) is 25.7 Å². The van der Waals surface area contributed by atoms with Gasteiger partial charge in [0.1, 0.15) is 0 Å². The van der Waals surface area contributed by atoms with Crippen molar-refractivity contribution in [3.05, 3.63) is 0 Å². The van der Waals surface area contributed by atoms with Gasteiger partial charge in [-0.2, -0.15) is 0 Å². The zero-order chi connectivity index (χ0) is 8.55. The lowest BCUT2D eigenvalue weighted by Gasteiger charge is -2.15. The number of carbonyl (C=O) groups excluding carboxylic acids is 1. The van der Waals surface area contributed by atoms with Gasteiger partial charge >= 0.3 is 6.09 Å². The molecule has 3 nitrogen and oxygen atoms in total.